The summed E-state index contributed by atoms with van der Waals surface area (Å²) in [6.45, 7) is 5.91. The highest BCUT2D eigenvalue weighted by Crippen LogP contribution is 2.24. The summed E-state index contributed by atoms with van der Waals surface area (Å²) in [5.74, 6) is 1.97. The number of pyridine rings is 1. The van der Waals surface area contributed by atoms with E-state index in [4.69, 9.17) is 4.74 Å². The average Bonchev–Trinajstić information content (AvgIpc) is 3.17. The molecule has 0 unspecified atom stereocenters. The molecule has 0 spiro atoms. The molecule has 152 valence electrons. The standard InChI is InChI=1S/C21H25N5O2S/c1-4-26-20(17-10-12-22-13-11-17)23-24-21(26)29-15-19(27)25(3)14-16-6-8-18(9-7-16)28-5-2/h6-13H,4-5,14-15H2,1-3H3. The highest BCUT2D eigenvalue weighted by atomic mass is 32.2. The molecule has 7 nitrogen and oxygen atoms in total. The van der Waals surface area contributed by atoms with Crippen LogP contribution in [0.2, 0.25) is 0 Å². The summed E-state index contributed by atoms with van der Waals surface area (Å²) in [5.41, 5.74) is 2.02. The molecular formula is C21H25N5O2S. The normalized spacial score (nSPS) is 10.7. The summed E-state index contributed by atoms with van der Waals surface area (Å²) in [6, 6.07) is 11.6. The van der Waals surface area contributed by atoms with Crippen LogP contribution >= 0.6 is 11.8 Å². The molecule has 3 aromatic rings. The van der Waals surface area contributed by atoms with Gasteiger partial charge in [0, 0.05) is 38.1 Å². The molecule has 8 heteroatoms. The third-order valence-corrected chi connectivity index (χ3v) is 5.33. The fourth-order valence-corrected chi connectivity index (χ4v) is 3.79. The summed E-state index contributed by atoms with van der Waals surface area (Å²) < 4.78 is 7.47. The van der Waals surface area contributed by atoms with E-state index in [1.807, 2.05) is 61.9 Å². The van der Waals surface area contributed by atoms with E-state index < -0.39 is 0 Å². The molecule has 0 saturated heterocycles. The van der Waals surface area contributed by atoms with Crippen molar-refractivity contribution in [1.29, 1.82) is 0 Å². The zero-order valence-electron chi connectivity index (χ0n) is 16.9. The minimum atomic E-state index is 0.0417. The maximum atomic E-state index is 12.6. The zero-order chi connectivity index (χ0) is 20.6. The van der Waals surface area contributed by atoms with Gasteiger partial charge in [-0.05, 0) is 43.7 Å². The average molecular weight is 412 g/mol. The molecule has 3 rings (SSSR count). The quantitative estimate of drug-likeness (QED) is 0.502. The number of carbonyl (C=O) groups is 1. The number of hydrogen-bond donors (Lipinski definition) is 0. The number of rotatable bonds is 9. The Bertz CT molecular complexity index is 928. The summed E-state index contributed by atoms with van der Waals surface area (Å²) in [7, 11) is 1.81. The van der Waals surface area contributed by atoms with Gasteiger partial charge in [-0.15, -0.1) is 10.2 Å². The van der Waals surface area contributed by atoms with Crippen LogP contribution in [-0.2, 0) is 17.9 Å². The van der Waals surface area contributed by atoms with Gasteiger partial charge in [-0.25, -0.2) is 0 Å². The SMILES string of the molecule is CCOc1ccc(CN(C)C(=O)CSc2nnc(-c3ccncc3)n2CC)cc1. The molecule has 0 fully saturated rings. The molecule has 2 aromatic heterocycles. The van der Waals surface area contributed by atoms with Crippen molar-refractivity contribution in [2.45, 2.75) is 32.1 Å². The fraction of sp³-hybridized carbons (Fsp3) is 0.333. The van der Waals surface area contributed by atoms with Crippen molar-refractivity contribution in [2.75, 3.05) is 19.4 Å². The van der Waals surface area contributed by atoms with Gasteiger partial charge in [-0.3, -0.25) is 9.78 Å². The van der Waals surface area contributed by atoms with Crippen LogP contribution < -0.4 is 4.74 Å². The molecule has 1 amide bonds. The number of benzene rings is 1. The third-order valence-electron chi connectivity index (χ3n) is 4.38. The van der Waals surface area contributed by atoms with Crippen molar-refractivity contribution < 1.29 is 9.53 Å². The highest BCUT2D eigenvalue weighted by molar-refractivity contribution is 7.99. The van der Waals surface area contributed by atoms with Crippen LogP contribution in [0.15, 0.2) is 53.9 Å². The number of ether oxygens (including phenoxy) is 1. The Kier molecular flexibility index (Phi) is 7.24. The van der Waals surface area contributed by atoms with Crippen molar-refractivity contribution in [1.82, 2.24) is 24.6 Å². The lowest BCUT2D eigenvalue weighted by Gasteiger charge is -2.17. The van der Waals surface area contributed by atoms with Gasteiger partial charge < -0.3 is 14.2 Å². The Morgan fingerprint density at radius 2 is 1.83 bits per heavy atom. The zero-order valence-corrected chi connectivity index (χ0v) is 17.7. The molecule has 0 atom stereocenters. The van der Waals surface area contributed by atoms with Crippen LogP contribution in [0.4, 0.5) is 0 Å². The molecule has 0 aliphatic carbocycles. The summed E-state index contributed by atoms with van der Waals surface area (Å²) in [5, 5.41) is 9.31. The largest absolute Gasteiger partial charge is 0.494 e. The van der Waals surface area contributed by atoms with E-state index in [0.29, 0.717) is 18.9 Å². The van der Waals surface area contributed by atoms with Gasteiger partial charge in [0.15, 0.2) is 11.0 Å². The monoisotopic (exact) mass is 411 g/mol. The second kappa shape index (κ2) is 10.1. The van der Waals surface area contributed by atoms with Crippen LogP contribution in [0.25, 0.3) is 11.4 Å². The van der Waals surface area contributed by atoms with Crippen LogP contribution in [0.3, 0.4) is 0 Å². The van der Waals surface area contributed by atoms with E-state index in [9.17, 15) is 4.79 Å². The lowest BCUT2D eigenvalue weighted by molar-refractivity contribution is -0.127. The highest BCUT2D eigenvalue weighted by Gasteiger charge is 2.16. The molecule has 29 heavy (non-hydrogen) atoms. The Balaban J connectivity index is 1.59. The van der Waals surface area contributed by atoms with Gasteiger partial charge in [-0.1, -0.05) is 23.9 Å². The van der Waals surface area contributed by atoms with E-state index in [-0.39, 0.29) is 5.91 Å². The predicted octanol–water partition coefficient (Wildman–Crippen LogP) is 3.51. The predicted molar refractivity (Wildman–Crippen MR) is 114 cm³/mol. The Morgan fingerprint density at radius 3 is 2.48 bits per heavy atom. The van der Waals surface area contributed by atoms with Gasteiger partial charge in [0.25, 0.3) is 0 Å². The molecule has 0 aliphatic heterocycles. The lowest BCUT2D eigenvalue weighted by atomic mass is 10.2. The maximum absolute atomic E-state index is 12.6. The van der Waals surface area contributed by atoms with Crippen molar-refractivity contribution in [3.63, 3.8) is 0 Å². The second-order valence-electron chi connectivity index (χ2n) is 6.40. The van der Waals surface area contributed by atoms with Gasteiger partial charge in [0.2, 0.25) is 5.91 Å². The first kappa shape index (κ1) is 20.9. The van der Waals surface area contributed by atoms with Gasteiger partial charge >= 0.3 is 0 Å². The van der Waals surface area contributed by atoms with Crippen LogP contribution in [0.5, 0.6) is 5.75 Å². The number of nitrogens with zero attached hydrogens (tertiary/aromatic N) is 5. The Hall–Kier alpha value is -2.87. The first-order valence-corrected chi connectivity index (χ1v) is 10.5. The van der Waals surface area contributed by atoms with Crippen molar-refractivity contribution in [3.8, 4) is 17.1 Å². The molecular weight excluding hydrogens is 386 g/mol. The molecule has 0 N–H and O–H groups in total. The molecule has 2 heterocycles. The van der Waals surface area contributed by atoms with Gasteiger partial charge in [0.05, 0.1) is 12.4 Å². The van der Waals surface area contributed by atoms with E-state index in [2.05, 4.69) is 15.2 Å². The van der Waals surface area contributed by atoms with Crippen molar-refractivity contribution in [3.05, 3.63) is 54.4 Å². The van der Waals surface area contributed by atoms with E-state index in [0.717, 1.165) is 34.4 Å². The number of amides is 1. The van der Waals surface area contributed by atoms with Gasteiger partial charge in [-0.2, -0.15) is 0 Å². The number of aromatic nitrogens is 4. The topological polar surface area (TPSA) is 73.1 Å². The van der Waals surface area contributed by atoms with Crippen molar-refractivity contribution in [2.24, 2.45) is 0 Å². The first-order chi connectivity index (χ1) is 14.1. The second-order valence-corrected chi connectivity index (χ2v) is 7.34. The van der Waals surface area contributed by atoms with Gasteiger partial charge in [0.1, 0.15) is 5.75 Å². The van der Waals surface area contributed by atoms with Crippen molar-refractivity contribution >= 4 is 17.7 Å². The molecule has 0 radical (unpaired) electrons. The third kappa shape index (κ3) is 5.35. The molecule has 0 bridgehead atoms. The lowest BCUT2D eigenvalue weighted by Crippen LogP contribution is -2.27. The van der Waals surface area contributed by atoms with Crippen LogP contribution in [0.1, 0.15) is 19.4 Å². The number of carbonyl (C=O) groups excluding carboxylic acids is 1. The minimum Gasteiger partial charge on any atom is -0.494 e. The molecule has 1 aromatic carbocycles. The molecule has 0 saturated carbocycles. The Labute approximate surface area is 175 Å². The maximum Gasteiger partial charge on any atom is 0.233 e. The minimum absolute atomic E-state index is 0.0417. The Morgan fingerprint density at radius 1 is 1.10 bits per heavy atom. The summed E-state index contributed by atoms with van der Waals surface area (Å²) >= 11 is 1.41. The fourth-order valence-electron chi connectivity index (χ4n) is 2.85. The van der Waals surface area contributed by atoms with Crippen LogP contribution in [-0.4, -0.2) is 50.0 Å². The molecule has 0 aliphatic rings. The van der Waals surface area contributed by atoms with E-state index in [1.165, 1.54) is 11.8 Å². The smallest absolute Gasteiger partial charge is 0.233 e. The van der Waals surface area contributed by atoms with Crippen LogP contribution in [0, 0.1) is 0 Å². The number of thioether (sulfide) groups is 1. The summed E-state index contributed by atoms with van der Waals surface area (Å²) in [6.07, 6.45) is 3.46. The number of hydrogen-bond acceptors (Lipinski definition) is 6. The van der Waals surface area contributed by atoms with E-state index in [1.54, 1.807) is 17.3 Å². The summed E-state index contributed by atoms with van der Waals surface area (Å²) in [4.78, 5) is 18.3. The van der Waals surface area contributed by atoms with E-state index >= 15 is 0 Å². The first-order valence-electron chi connectivity index (χ1n) is 9.54.